The second kappa shape index (κ2) is 6.37. The molecule has 1 aromatic heterocycles. The summed E-state index contributed by atoms with van der Waals surface area (Å²) in [5, 5.41) is 3.44. The molecule has 0 saturated carbocycles. The maximum atomic E-state index is 13.6. The molecule has 2 N–H and O–H groups in total. The number of aromatic nitrogens is 2. The Hall–Kier alpha value is -2.05. The summed E-state index contributed by atoms with van der Waals surface area (Å²) in [6.45, 7) is 0. The first-order chi connectivity index (χ1) is 10.6. The van der Waals surface area contributed by atoms with Crippen molar-refractivity contribution in [1.82, 2.24) is 9.97 Å². The molecule has 1 amide bonds. The number of benzene rings is 2. The van der Waals surface area contributed by atoms with Crippen LogP contribution in [0, 0.1) is 5.82 Å². The Bertz CT molecular complexity index is 804. The predicted molar refractivity (Wildman–Crippen MR) is 86.9 cm³/mol. The summed E-state index contributed by atoms with van der Waals surface area (Å²) in [6, 6.07) is 11.7. The second-order valence-corrected chi connectivity index (χ2v) is 5.92. The van der Waals surface area contributed by atoms with Crippen molar-refractivity contribution in [2.45, 2.75) is 5.16 Å². The van der Waals surface area contributed by atoms with Crippen LogP contribution in [-0.4, -0.2) is 21.6 Å². The van der Waals surface area contributed by atoms with E-state index < -0.39 is 5.82 Å². The number of carbonyl (C=O) groups excluding carboxylic acids is 1. The fourth-order valence-corrected chi connectivity index (χ4v) is 2.75. The van der Waals surface area contributed by atoms with E-state index in [2.05, 4.69) is 15.3 Å². The predicted octanol–water partition coefficient (Wildman–Crippen LogP) is 4.09. The van der Waals surface area contributed by atoms with E-state index in [9.17, 15) is 9.18 Å². The van der Waals surface area contributed by atoms with Gasteiger partial charge in [0.15, 0.2) is 5.16 Å². The number of aromatic amines is 1. The molecule has 3 rings (SSSR count). The Kier molecular flexibility index (Phi) is 4.31. The highest BCUT2D eigenvalue weighted by molar-refractivity contribution is 7.99. The highest BCUT2D eigenvalue weighted by Crippen LogP contribution is 2.21. The minimum absolute atomic E-state index is 0.111. The third-order valence-electron chi connectivity index (χ3n) is 2.91. The Balaban J connectivity index is 1.62. The number of imidazole rings is 1. The summed E-state index contributed by atoms with van der Waals surface area (Å²) >= 11 is 6.92. The molecule has 0 radical (unpaired) electrons. The molecule has 0 unspecified atom stereocenters. The van der Waals surface area contributed by atoms with Crippen molar-refractivity contribution in [3.05, 3.63) is 53.3 Å². The molecule has 1 heterocycles. The van der Waals surface area contributed by atoms with Gasteiger partial charge in [0.05, 0.1) is 22.5 Å². The number of para-hydroxylation sites is 2. The lowest BCUT2D eigenvalue weighted by Crippen LogP contribution is -2.15. The molecule has 0 spiro atoms. The van der Waals surface area contributed by atoms with Crippen LogP contribution in [0.1, 0.15) is 0 Å². The van der Waals surface area contributed by atoms with Gasteiger partial charge >= 0.3 is 0 Å². The van der Waals surface area contributed by atoms with Gasteiger partial charge in [-0.15, -0.1) is 0 Å². The smallest absolute Gasteiger partial charge is 0.234 e. The first-order valence-electron chi connectivity index (χ1n) is 6.44. The highest BCUT2D eigenvalue weighted by atomic mass is 35.5. The molecule has 0 saturated heterocycles. The second-order valence-electron chi connectivity index (χ2n) is 4.52. The Morgan fingerprint density at radius 2 is 2.14 bits per heavy atom. The number of fused-ring (bicyclic) bond motifs is 1. The van der Waals surface area contributed by atoms with Crippen molar-refractivity contribution in [2.24, 2.45) is 0 Å². The summed E-state index contributed by atoms with van der Waals surface area (Å²) < 4.78 is 13.6. The zero-order valence-corrected chi connectivity index (χ0v) is 12.8. The topological polar surface area (TPSA) is 57.8 Å². The number of amides is 1. The van der Waals surface area contributed by atoms with E-state index in [-0.39, 0.29) is 22.4 Å². The zero-order chi connectivity index (χ0) is 15.5. The number of anilines is 1. The molecule has 4 nitrogen and oxygen atoms in total. The van der Waals surface area contributed by atoms with Crippen LogP contribution in [0.15, 0.2) is 47.6 Å². The summed E-state index contributed by atoms with van der Waals surface area (Å²) in [4.78, 5) is 19.3. The van der Waals surface area contributed by atoms with Crippen molar-refractivity contribution >= 4 is 46.0 Å². The Morgan fingerprint density at radius 1 is 1.32 bits per heavy atom. The molecule has 22 heavy (non-hydrogen) atoms. The number of carbonyl (C=O) groups is 1. The fourth-order valence-electron chi connectivity index (χ4n) is 1.91. The fraction of sp³-hybridized carbons (Fsp3) is 0.0667. The minimum Gasteiger partial charge on any atom is -0.333 e. The lowest BCUT2D eigenvalue weighted by molar-refractivity contribution is -0.113. The summed E-state index contributed by atoms with van der Waals surface area (Å²) in [7, 11) is 0. The number of rotatable bonds is 4. The van der Waals surface area contributed by atoms with Crippen LogP contribution in [0.3, 0.4) is 0 Å². The average Bonchev–Trinajstić information content (AvgIpc) is 2.91. The standard InChI is InChI=1S/C15H11ClFN3OS/c16-9-5-6-11(10(17)7-9)18-14(21)8-22-15-19-12-3-1-2-4-13(12)20-15/h1-7H,8H2,(H,18,21)(H,19,20). The first kappa shape index (κ1) is 14.9. The van der Waals surface area contributed by atoms with E-state index in [0.29, 0.717) is 5.16 Å². The molecule has 0 aliphatic carbocycles. The monoisotopic (exact) mass is 335 g/mol. The summed E-state index contributed by atoms with van der Waals surface area (Å²) in [5.41, 5.74) is 1.86. The Labute approximate surface area is 135 Å². The van der Waals surface area contributed by atoms with Crippen molar-refractivity contribution < 1.29 is 9.18 Å². The lowest BCUT2D eigenvalue weighted by atomic mass is 10.3. The van der Waals surface area contributed by atoms with Gasteiger partial charge in [0.25, 0.3) is 0 Å². The highest BCUT2D eigenvalue weighted by Gasteiger charge is 2.10. The number of nitrogens with zero attached hydrogens (tertiary/aromatic N) is 1. The maximum Gasteiger partial charge on any atom is 0.234 e. The van der Waals surface area contributed by atoms with Crippen LogP contribution in [0.4, 0.5) is 10.1 Å². The SMILES string of the molecule is O=C(CSc1nc2ccccc2[nH]1)Nc1ccc(Cl)cc1F. The van der Waals surface area contributed by atoms with Gasteiger partial charge in [-0.2, -0.15) is 0 Å². The number of H-pyrrole nitrogens is 1. The molecule has 112 valence electrons. The van der Waals surface area contributed by atoms with Crippen LogP contribution < -0.4 is 5.32 Å². The summed E-state index contributed by atoms with van der Waals surface area (Å²) in [5.74, 6) is -0.747. The minimum atomic E-state index is -0.561. The van der Waals surface area contributed by atoms with Gasteiger partial charge in [-0.1, -0.05) is 35.5 Å². The van der Waals surface area contributed by atoms with Gasteiger partial charge in [0.2, 0.25) is 5.91 Å². The summed E-state index contributed by atoms with van der Waals surface area (Å²) in [6.07, 6.45) is 0. The third-order valence-corrected chi connectivity index (χ3v) is 4.02. The molecule has 2 aromatic carbocycles. The Morgan fingerprint density at radius 3 is 2.91 bits per heavy atom. The maximum absolute atomic E-state index is 13.6. The third kappa shape index (κ3) is 3.40. The molecule has 0 aliphatic rings. The number of nitrogens with one attached hydrogen (secondary N) is 2. The van der Waals surface area contributed by atoms with E-state index in [1.165, 1.54) is 23.9 Å². The first-order valence-corrected chi connectivity index (χ1v) is 7.80. The molecular formula is C15H11ClFN3OS. The van der Waals surface area contributed by atoms with Crippen molar-refractivity contribution in [1.29, 1.82) is 0 Å². The van der Waals surface area contributed by atoms with Gasteiger partial charge in [0.1, 0.15) is 5.82 Å². The van der Waals surface area contributed by atoms with Crippen LogP contribution in [0.25, 0.3) is 11.0 Å². The van der Waals surface area contributed by atoms with Crippen LogP contribution in [0.5, 0.6) is 0 Å². The number of hydrogen-bond donors (Lipinski definition) is 2. The van der Waals surface area contributed by atoms with Crippen molar-refractivity contribution in [3.63, 3.8) is 0 Å². The molecular weight excluding hydrogens is 325 g/mol. The lowest BCUT2D eigenvalue weighted by Gasteiger charge is -2.05. The van der Waals surface area contributed by atoms with Gasteiger partial charge in [-0.25, -0.2) is 9.37 Å². The van der Waals surface area contributed by atoms with E-state index in [4.69, 9.17) is 11.6 Å². The average molecular weight is 336 g/mol. The van der Waals surface area contributed by atoms with Crippen LogP contribution >= 0.6 is 23.4 Å². The molecule has 0 bridgehead atoms. The molecule has 3 aromatic rings. The van der Waals surface area contributed by atoms with Gasteiger partial charge in [-0.3, -0.25) is 4.79 Å². The quantitative estimate of drug-likeness (QED) is 0.706. The van der Waals surface area contributed by atoms with Crippen molar-refractivity contribution in [3.8, 4) is 0 Å². The van der Waals surface area contributed by atoms with E-state index in [1.807, 2.05) is 24.3 Å². The largest absolute Gasteiger partial charge is 0.333 e. The van der Waals surface area contributed by atoms with E-state index in [0.717, 1.165) is 17.1 Å². The number of thioether (sulfide) groups is 1. The van der Waals surface area contributed by atoms with Crippen LogP contribution in [-0.2, 0) is 4.79 Å². The van der Waals surface area contributed by atoms with E-state index in [1.54, 1.807) is 0 Å². The molecule has 0 atom stereocenters. The van der Waals surface area contributed by atoms with Crippen molar-refractivity contribution in [2.75, 3.05) is 11.1 Å². The molecule has 0 aliphatic heterocycles. The molecule has 7 heteroatoms. The van der Waals surface area contributed by atoms with Gasteiger partial charge < -0.3 is 10.3 Å². The van der Waals surface area contributed by atoms with Gasteiger partial charge in [0, 0.05) is 5.02 Å². The van der Waals surface area contributed by atoms with Gasteiger partial charge in [-0.05, 0) is 30.3 Å². The zero-order valence-electron chi connectivity index (χ0n) is 11.3. The van der Waals surface area contributed by atoms with E-state index >= 15 is 0 Å². The number of hydrogen-bond acceptors (Lipinski definition) is 3. The molecule has 0 fully saturated rings. The normalized spacial score (nSPS) is 10.8. The van der Waals surface area contributed by atoms with Crippen LogP contribution in [0.2, 0.25) is 5.02 Å². The number of halogens is 2.